The summed E-state index contributed by atoms with van der Waals surface area (Å²) >= 11 is 0. The largest absolute Gasteiger partial charge is 0.394 e. The van der Waals surface area contributed by atoms with Gasteiger partial charge in [0.2, 0.25) is 0 Å². The van der Waals surface area contributed by atoms with Gasteiger partial charge in [-0.15, -0.1) is 0 Å². The van der Waals surface area contributed by atoms with Gasteiger partial charge in [0.25, 0.3) is 5.91 Å². The normalized spacial score (nSPS) is 22.0. The Labute approximate surface area is 123 Å². The van der Waals surface area contributed by atoms with Gasteiger partial charge in [-0.1, -0.05) is 32.6 Å². The lowest BCUT2D eigenvalue weighted by atomic mass is 9.81. The number of benzene rings is 1. The van der Waals surface area contributed by atoms with Gasteiger partial charge >= 0.3 is 0 Å². The first-order valence-corrected chi connectivity index (χ1v) is 7.50. The van der Waals surface area contributed by atoms with E-state index in [9.17, 15) is 13.6 Å². The van der Waals surface area contributed by atoms with Gasteiger partial charge in [-0.25, -0.2) is 8.78 Å². The lowest BCUT2D eigenvalue weighted by molar-refractivity contribution is 0.0949. The molecule has 1 aliphatic rings. The Morgan fingerprint density at radius 3 is 2.38 bits per heavy atom. The third-order valence-electron chi connectivity index (χ3n) is 4.31. The van der Waals surface area contributed by atoms with Gasteiger partial charge in [-0.3, -0.25) is 4.79 Å². The number of anilines is 1. The first kappa shape index (κ1) is 15.7. The van der Waals surface area contributed by atoms with Crippen molar-refractivity contribution in [2.45, 2.75) is 39.0 Å². The fourth-order valence-corrected chi connectivity index (χ4v) is 2.83. The molecule has 116 valence electrons. The van der Waals surface area contributed by atoms with E-state index in [0.717, 1.165) is 24.5 Å². The molecule has 21 heavy (non-hydrogen) atoms. The molecule has 1 aromatic carbocycles. The Balaban J connectivity index is 1.82. The highest BCUT2D eigenvalue weighted by Crippen LogP contribution is 2.29. The topological polar surface area (TPSA) is 55.1 Å². The van der Waals surface area contributed by atoms with E-state index in [4.69, 9.17) is 5.73 Å². The molecule has 0 bridgehead atoms. The molecule has 3 N–H and O–H groups in total. The third-order valence-corrected chi connectivity index (χ3v) is 4.31. The van der Waals surface area contributed by atoms with Crippen molar-refractivity contribution >= 4 is 11.6 Å². The second-order valence-corrected chi connectivity index (χ2v) is 6.02. The van der Waals surface area contributed by atoms with Crippen LogP contribution in [0.3, 0.4) is 0 Å². The quantitative estimate of drug-likeness (QED) is 0.836. The van der Waals surface area contributed by atoms with Crippen molar-refractivity contribution in [1.82, 2.24) is 5.32 Å². The van der Waals surface area contributed by atoms with Crippen molar-refractivity contribution < 1.29 is 13.6 Å². The van der Waals surface area contributed by atoms with Gasteiger partial charge in [-0.05, 0) is 30.4 Å². The predicted octanol–water partition coefficient (Wildman–Crippen LogP) is 3.49. The minimum atomic E-state index is -0.901. The van der Waals surface area contributed by atoms with Crippen LogP contribution in [-0.4, -0.2) is 12.5 Å². The van der Waals surface area contributed by atoms with Crippen LogP contribution in [0.4, 0.5) is 14.5 Å². The number of carbonyl (C=O) groups excluding carboxylic acids is 1. The summed E-state index contributed by atoms with van der Waals surface area (Å²) in [6, 6.07) is 1.94. The van der Waals surface area contributed by atoms with Gasteiger partial charge in [-0.2, -0.15) is 0 Å². The summed E-state index contributed by atoms with van der Waals surface area (Å²) in [5.74, 6) is -0.822. The number of hydrogen-bond donors (Lipinski definition) is 2. The Bertz CT molecular complexity index is 488. The highest BCUT2D eigenvalue weighted by molar-refractivity contribution is 5.94. The SMILES string of the molecule is CC1CCC(CCNC(=O)c2cc(F)c(N)c(F)c2)CC1. The first-order chi connectivity index (χ1) is 9.97. The number of hydrogen-bond acceptors (Lipinski definition) is 2. The van der Waals surface area contributed by atoms with Crippen molar-refractivity contribution in [3.63, 3.8) is 0 Å². The maximum atomic E-state index is 13.3. The molecule has 0 heterocycles. The van der Waals surface area contributed by atoms with Crippen LogP contribution in [0.2, 0.25) is 0 Å². The molecule has 0 unspecified atom stereocenters. The Morgan fingerprint density at radius 1 is 1.24 bits per heavy atom. The van der Waals surface area contributed by atoms with E-state index < -0.39 is 23.2 Å². The fraction of sp³-hybridized carbons (Fsp3) is 0.562. The van der Waals surface area contributed by atoms with Gasteiger partial charge in [0.05, 0.1) is 0 Å². The van der Waals surface area contributed by atoms with Crippen molar-refractivity contribution in [1.29, 1.82) is 0 Å². The average Bonchev–Trinajstić information content (AvgIpc) is 2.46. The predicted molar refractivity (Wildman–Crippen MR) is 78.8 cm³/mol. The van der Waals surface area contributed by atoms with Crippen LogP contribution in [0.5, 0.6) is 0 Å². The molecule has 0 aromatic heterocycles. The van der Waals surface area contributed by atoms with Crippen LogP contribution in [-0.2, 0) is 0 Å². The minimum absolute atomic E-state index is 0.0310. The van der Waals surface area contributed by atoms with E-state index in [0.29, 0.717) is 12.5 Å². The zero-order valence-electron chi connectivity index (χ0n) is 12.3. The summed E-state index contributed by atoms with van der Waals surface area (Å²) < 4.78 is 26.6. The van der Waals surface area contributed by atoms with Gasteiger partial charge in [0.1, 0.15) is 17.3 Å². The highest BCUT2D eigenvalue weighted by Gasteiger charge is 2.18. The number of nitrogens with two attached hydrogens (primary N) is 1. The van der Waals surface area contributed by atoms with Gasteiger partial charge in [0, 0.05) is 12.1 Å². The van der Waals surface area contributed by atoms with E-state index in [-0.39, 0.29) is 5.56 Å². The Hall–Kier alpha value is -1.65. The molecule has 2 rings (SSSR count). The van der Waals surface area contributed by atoms with Crippen molar-refractivity contribution in [2.24, 2.45) is 11.8 Å². The van der Waals surface area contributed by atoms with Crippen molar-refractivity contribution in [3.8, 4) is 0 Å². The molecule has 1 fully saturated rings. The number of carbonyl (C=O) groups is 1. The number of nitrogen functional groups attached to an aromatic ring is 1. The fourth-order valence-electron chi connectivity index (χ4n) is 2.83. The zero-order chi connectivity index (χ0) is 15.4. The van der Waals surface area contributed by atoms with Crippen molar-refractivity contribution in [3.05, 3.63) is 29.3 Å². The van der Waals surface area contributed by atoms with E-state index in [2.05, 4.69) is 12.2 Å². The standard InChI is InChI=1S/C16H22F2N2O/c1-10-2-4-11(5-3-10)6-7-20-16(21)12-8-13(17)15(19)14(18)9-12/h8-11H,2-7,19H2,1H3,(H,20,21). The summed E-state index contributed by atoms with van der Waals surface area (Å²) in [5, 5.41) is 2.72. The van der Waals surface area contributed by atoms with Crippen LogP contribution in [0.15, 0.2) is 12.1 Å². The van der Waals surface area contributed by atoms with Crippen molar-refractivity contribution in [2.75, 3.05) is 12.3 Å². The summed E-state index contributed by atoms with van der Waals surface area (Å²) in [6.45, 7) is 2.80. The molecular formula is C16H22F2N2O. The number of halogens is 2. The molecule has 0 saturated heterocycles. The summed E-state index contributed by atoms with van der Waals surface area (Å²) in [4.78, 5) is 11.9. The Morgan fingerprint density at radius 2 is 1.81 bits per heavy atom. The number of rotatable bonds is 4. The molecule has 1 aliphatic carbocycles. The maximum Gasteiger partial charge on any atom is 0.251 e. The van der Waals surface area contributed by atoms with Gasteiger partial charge < -0.3 is 11.1 Å². The molecule has 0 spiro atoms. The summed E-state index contributed by atoms with van der Waals surface area (Å²) in [7, 11) is 0. The average molecular weight is 296 g/mol. The first-order valence-electron chi connectivity index (χ1n) is 7.50. The minimum Gasteiger partial charge on any atom is -0.394 e. The molecule has 3 nitrogen and oxygen atoms in total. The van der Waals surface area contributed by atoms with E-state index in [1.165, 1.54) is 25.7 Å². The Kier molecular flexibility index (Phi) is 5.15. The molecular weight excluding hydrogens is 274 g/mol. The lowest BCUT2D eigenvalue weighted by Gasteiger charge is -2.26. The third kappa shape index (κ3) is 4.16. The van der Waals surface area contributed by atoms with Crippen LogP contribution >= 0.6 is 0 Å². The van der Waals surface area contributed by atoms with E-state index in [1.807, 2.05) is 0 Å². The second kappa shape index (κ2) is 6.87. The maximum absolute atomic E-state index is 13.3. The lowest BCUT2D eigenvalue weighted by Crippen LogP contribution is -2.27. The van der Waals surface area contributed by atoms with E-state index in [1.54, 1.807) is 0 Å². The summed E-state index contributed by atoms with van der Waals surface area (Å²) in [5.41, 5.74) is 4.59. The molecule has 5 heteroatoms. The number of amides is 1. The molecule has 1 amide bonds. The second-order valence-electron chi connectivity index (χ2n) is 6.02. The monoisotopic (exact) mass is 296 g/mol. The van der Waals surface area contributed by atoms with Crippen LogP contribution in [0.1, 0.15) is 49.4 Å². The molecule has 1 saturated carbocycles. The molecule has 1 aromatic rings. The summed E-state index contributed by atoms with van der Waals surface area (Å²) in [6.07, 6.45) is 5.79. The smallest absolute Gasteiger partial charge is 0.251 e. The van der Waals surface area contributed by atoms with Crippen LogP contribution in [0.25, 0.3) is 0 Å². The van der Waals surface area contributed by atoms with Crippen LogP contribution < -0.4 is 11.1 Å². The van der Waals surface area contributed by atoms with E-state index >= 15 is 0 Å². The number of nitrogens with one attached hydrogen (secondary N) is 1. The zero-order valence-corrected chi connectivity index (χ0v) is 12.3. The molecule has 0 radical (unpaired) electrons. The molecule has 0 aliphatic heterocycles. The highest BCUT2D eigenvalue weighted by atomic mass is 19.1. The van der Waals surface area contributed by atoms with Crippen LogP contribution in [0, 0.1) is 23.5 Å². The molecule has 0 atom stereocenters. The van der Waals surface area contributed by atoms with Gasteiger partial charge in [0.15, 0.2) is 0 Å².